The Morgan fingerprint density at radius 2 is 2.40 bits per heavy atom. The van der Waals surface area contributed by atoms with E-state index in [9.17, 15) is 5.11 Å². The van der Waals surface area contributed by atoms with Crippen LogP contribution in [0.4, 0.5) is 0 Å². The van der Waals surface area contributed by atoms with Crippen molar-refractivity contribution in [1.82, 2.24) is 15.0 Å². The molecule has 0 aliphatic rings. The summed E-state index contributed by atoms with van der Waals surface area (Å²) in [6.07, 6.45) is 1.17. The SMILES string of the molecule is CCOCC(O)Cn1cc(C(C)N)nn1. The monoisotopic (exact) mass is 214 g/mol. The minimum absolute atomic E-state index is 0.136. The number of rotatable bonds is 6. The molecule has 0 aliphatic carbocycles. The number of aliphatic hydroxyl groups excluding tert-OH is 1. The van der Waals surface area contributed by atoms with Gasteiger partial charge in [0.2, 0.25) is 0 Å². The van der Waals surface area contributed by atoms with Crippen molar-refractivity contribution in [2.45, 2.75) is 32.5 Å². The van der Waals surface area contributed by atoms with Crippen molar-refractivity contribution in [3.05, 3.63) is 11.9 Å². The third-order valence-electron chi connectivity index (χ3n) is 1.94. The number of aliphatic hydroxyl groups is 1. The molecule has 0 aliphatic heterocycles. The van der Waals surface area contributed by atoms with Crippen molar-refractivity contribution in [1.29, 1.82) is 0 Å². The van der Waals surface area contributed by atoms with Gasteiger partial charge in [-0.25, -0.2) is 4.68 Å². The number of hydrogen-bond donors (Lipinski definition) is 2. The molecule has 0 saturated carbocycles. The third-order valence-corrected chi connectivity index (χ3v) is 1.94. The van der Waals surface area contributed by atoms with Crippen LogP contribution in [0.15, 0.2) is 6.20 Å². The van der Waals surface area contributed by atoms with Crippen LogP contribution in [0.3, 0.4) is 0 Å². The summed E-state index contributed by atoms with van der Waals surface area (Å²) in [5, 5.41) is 17.3. The highest BCUT2D eigenvalue weighted by Gasteiger charge is 2.09. The topological polar surface area (TPSA) is 86.2 Å². The van der Waals surface area contributed by atoms with Gasteiger partial charge in [0.25, 0.3) is 0 Å². The number of ether oxygens (including phenoxy) is 1. The lowest BCUT2D eigenvalue weighted by atomic mass is 10.3. The van der Waals surface area contributed by atoms with Crippen molar-refractivity contribution in [2.75, 3.05) is 13.2 Å². The Morgan fingerprint density at radius 3 is 2.93 bits per heavy atom. The minimum atomic E-state index is -0.562. The molecule has 1 aromatic heterocycles. The normalized spacial score (nSPS) is 15.2. The first-order chi connectivity index (χ1) is 7.13. The van der Waals surface area contributed by atoms with Crippen LogP contribution in [-0.2, 0) is 11.3 Å². The largest absolute Gasteiger partial charge is 0.389 e. The van der Waals surface area contributed by atoms with E-state index in [2.05, 4.69) is 10.3 Å². The van der Waals surface area contributed by atoms with Gasteiger partial charge in [0.05, 0.1) is 31.1 Å². The highest BCUT2D eigenvalue weighted by molar-refractivity contribution is 4.97. The zero-order valence-electron chi connectivity index (χ0n) is 9.13. The summed E-state index contributed by atoms with van der Waals surface area (Å²) in [6, 6.07) is -0.136. The van der Waals surface area contributed by atoms with Gasteiger partial charge in [0.1, 0.15) is 0 Å². The van der Waals surface area contributed by atoms with E-state index in [0.717, 1.165) is 5.69 Å². The van der Waals surface area contributed by atoms with E-state index in [1.54, 1.807) is 10.9 Å². The number of nitrogens with two attached hydrogens (primary N) is 1. The quantitative estimate of drug-likeness (QED) is 0.678. The lowest BCUT2D eigenvalue weighted by molar-refractivity contribution is 0.0313. The molecular weight excluding hydrogens is 196 g/mol. The first-order valence-corrected chi connectivity index (χ1v) is 5.05. The second-order valence-electron chi connectivity index (χ2n) is 3.47. The Balaban J connectivity index is 2.42. The van der Waals surface area contributed by atoms with Gasteiger partial charge in [-0.2, -0.15) is 0 Å². The molecule has 0 amide bonds. The van der Waals surface area contributed by atoms with Crippen molar-refractivity contribution in [3.8, 4) is 0 Å². The van der Waals surface area contributed by atoms with Gasteiger partial charge >= 0.3 is 0 Å². The number of nitrogens with zero attached hydrogens (tertiary/aromatic N) is 3. The average Bonchev–Trinajstić information content (AvgIpc) is 2.63. The molecule has 0 fully saturated rings. The smallest absolute Gasteiger partial charge is 0.0991 e. The molecule has 86 valence electrons. The molecule has 0 radical (unpaired) electrons. The van der Waals surface area contributed by atoms with Gasteiger partial charge in [0.15, 0.2) is 0 Å². The van der Waals surface area contributed by atoms with E-state index >= 15 is 0 Å². The van der Waals surface area contributed by atoms with Gasteiger partial charge in [0, 0.05) is 12.6 Å². The molecule has 6 heteroatoms. The molecule has 15 heavy (non-hydrogen) atoms. The fourth-order valence-corrected chi connectivity index (χ4v) is 1.13. The van der Waals surface area contributed by atoms with Crippen LogP contribution in [0, 0.1) is 0 Å². The molecular formula is C9H18N4O2. The number of aromatic nitrogens is 3. The van der Waals surface area contributed by atoms with Crippen LogP contribution in [0.5, 0.6) is 0 Å². The summed E-state index contributed by atoms with van der Waals surface area (Å²) in [6.45, 7) is 5.00. The Morgan fingerprint density at radius 1 is 1.67 bits per heavy atom. The molecule has 0 bridgehead atoms. The highest BCUT2D eigenvalue weighted by Crippen LogP contribution is 2.03. The summed E-state index contributed by atoms with van der Waals surface area (Å²) in [5.74, 6) is 0. The van der Waals surface area contributed by atoms with E-state index in [4.69, 9.17) is 10.5 Å². The molecule has 2 atom stereocenters. The maximum Gasteiger partial charge on any atom is 0.0991 e. The van der Waals surface area contributed by atoms with E-state index < -0.39 is 6.10 Å². The summed E-state index contributed by atoms with van der Waals surface area (Å²) >= 11 is 0. The summed E-state index contributed by atoms with van der Waals surface area (Å²) in [5.41, 5.74) is 6.36. The predicted molar refractivity (Wildman–Crippen MR) is 55.1 cm³/mol. The van der Waals surface area contributed by atoms with Crippen LogP contribution >= 0.6 is 0 Å². The van der Waals surface area contributed by atoms with Gasteiger partial charge in [-0.1, -0.05) is 5.21 Å². The van der Waals surface area contributed by atoms with Gasteiger partial charge in [-0.05, 0) is 13.8 Å². The van der Waals surface area contributed by atoms with Crippen molar-refractivity contribution in [2.24, 2.45) is 5.73 Å². The molecule has 6 nitrogen and oxygen atoms in total. The first kappa shape index (κ1) is 12.1. The maximum atomic E-state index is 9.54. The van der Waals surface area contributed by atoms with Crippen LogP contribution in [0.1, 0.15) is 25.6 Å². The molecule has 1 heterocycles. The first-order valence-electron chi connectivity index (χ1n) is 5.05. The second-order valence-corrected chi connectivity index (χ2v) is 3.47. The molecule has 1 aromatic rings. The third kappa shape index (κ3) is 3.94. The van der Waals surface area contributed by atoms with Gasteiger partial charge in [-0.15, -0.1) is 5.10 Å². The Kier molecular flexibility index (Phi) is 4.67. The second kappa shape index (κ2) is 5.79. The fourth-order valence-electron chi connectivity index (χ4n) is 1.13. The zero-order chi connectivity index (χ0) is 11.3. The number of hydrogen-bond acceptors (Lipinski definition) is 5. The van der Waals surface area contributed by atoms with E-state index in [-0.39, 0.29) is 6.04 Å². The van der Waals surface area contributed by atoms with E-state index in [1.165, 1.54) is 0 Å². The minimum Gasteiger partial charge on any atom is -0.389 e. The highest BCUT2D eigenvalue weighted by atomic mass is 16.5. The maximum absolute atomic E-state index is 9.54. The van der Waals surface area contributed by atoms with Crippen LogP contribution < -0.4 is 5.73 Å². The van der Waals surface area contributed by atoms with Crippen LogP contribution in [0.2, 0.25) is 0 Å². The molecule has 0 aromatic carbocycles. The van der Waals surface area contributed by atoms with Crippen molar-refractivity contribution in [3.63, 3.8) is 0 Å². The molecule has 2 unspecified atom stereocenters. The zero-order valence-corrected chi connectivity index (χ0v) is 9.13. The Bertz CT molecular complexity index is 287. The Labute approximate surface area is 89.0 Å². The molecule has 3 N–H and O–H groups in total. The van der Waals surface area contributed by atoms with Gasteiger partial charge < -0.3 is 15.6 Å². The molecule has 0 spiro atoms. The van der Waals surface area contributed by atoms with Crippen LogP contribution in [0.25, 0.3) is 0 Å². The fraction of sp³-hybridized carbons (Fsp3) is 0.778. The van der Waals surface area contributed by atoms with Crippen LogP contribution in [-0.4, -0.2) is 39.4 Å². The van der Waals surface area contributed by atoms with Crippen molar-refractivity contribution >= 4 is 0 Å². The van der Waals surface area contributed by atoms with Gasteiger partial charge in [-0.3, -0.25) is 0 Å². The van der Waals surface area contributed by atoms with E-state index in [0.29, 0.717) is 19.8 Å². The van der Waals surface area contributed by atoms with Crippen molar-refractivity contribution < 1.29 is 9.84 Å². The Hall–Kier alpha value is -0.980. The lowest BCUT2D eigenvalue weighted by Crippen LogP contribution is -2.22. The summed E-state index contributed by atoms with van der Waals surface area (Å²) in [7, 11) is 0. The molecule has 1 rings (SSSR count). The summed E-state index contributed by atoms with van der Waals surface area (Å²) in [4.78, 5) is 0. The average molecular weight is 214 g/mol. The molecule has 0 saturated heterocycles. The van der Waals surface area contributed by atoms with E-state index in [1.807, 2.05) is 13.8 Å². The standard InChI is InChI=1S/C9H18N4O2/c1-3-15-6-8(14)4-13-5-9(7(2)10)11-12-13/h5,7-8,14H,3-4,6,10H2,1-2H3. The summed E-state index contributed by atoms with van der Waals surface area (Å²) < 4.78 is 6.66. The lowest BCUT2D eigenvalue weighted by Gasteiger charge is -2.09. The predicted octanol–water partition coefficient (Wildman–Crippen LogP) is -0.305.